The summed E-state index contributed by atoms with van der Waals surface area (Å²) in [7, 11) is 2.05. The van der Waals surface area contributed by atoms with Gasteiger partial charge in [-0.2, -0.15) is 0 Å². The molecule has 0 radical (unpaired) electrons. The highest BCUT2D eigenvalue weighted by atomic mass is 35.5. The number of anilines is 2. The monoisotopic (exact) mass is 352 g/mol. The van der Waals surface area contributed by atoms with Crippen molar-refractivity contribution >= 4 is 23.1 Å². The molecule has 5 heteroatoms. The Kier molecular flexibility index (Phi) is 5.64. The normalized spacial score (nSPS) is 10.9. The molecule has 0 fully saturated rings. The Morgan fingerprint density at radius 2 is 1.76 bits per heavy atom. The van der Waals surface area contributed by atoms with Crippen molar-refractivity contribution in [1.82, 2.24) is 14.9 Å². The number of hydrogen-bond donors (Lipinski definition) is 1. The second-order valence-electron chi connectivity index (χ2n) is 6.14. The van der Waals surface area contributed by atoms with Gasteiger partial charge in [-0.05, 0) is 37.2 Å². The van der Waals surface area contributed by atoms with Crippen molar-refractivity contribution in [3.05, 3.63) is 82.8 Å². The van der Waals surface area contributed by atoms with Crippen LogP contribution in [0.5, 0.6) is 0 Å². The summed E-state index contributed by atoms with van der Waals surface area (Å²) in [6.45, 7) is 3.51. The third-order valence-electron chi connectivity index (χ3n) is 3.74. The van der Waals surface area contributed by atoms with E-state index in [1.165, 1.54) is 11.1 Å². The number of hydrogen-bond acceptors (Lipinski definition) is 4. The standard InChI is InChI=1S/C20H21ClN4/c1-15-7-6-10-17(11-15)22-19-12-18(21)23-20(24-19)14-25(2)13-16-8-4-3-5-9-16/h3-12H,13-14H2,1-2H3,(H,22,23,24). The molecule has 0 bridgehead atoms. The van der Waals surface area contributed by atoms with Crippen LogP contribution < -0.4 is 5.32 Å². The fourth-order valence-corrected chi connectivity index (χ4v) is 2.86. The minimum Gasteiger partial charge on any atom is -0.340 e. The molecular formula is C20H21ClN4. The van der Waals surface area contributed by atoms with Crippen LogP contribution in [-0.2, 0) is 13.1 Å². The summed E-state index contributed by atoms with van der Waals surface area (Å²) in [5.74, 6) is 1.40. The lowest BCUT2D eigenvalue weighted by atomic mass is 10.2. The second kappa shape index (κ2) is 8.10. The molecule has 1 N–H and O–H groups in total. The van der Waals surface area contributed by atoms with E-state index < -0.39 is 0 Å². The minimum atomic E-state index is 0.438. The van der Waals surface area contributed by atoms with E-state index in [2.05, 4.69) is 51.4 Å². The lowest BCUT2D eigenvalue weighted by Crippen LogP contribution is -2.19. The molecule has 0 saturated heterocycles. The molecule has 1 aromatic heterocycles. The smallest absolute Gasteiger partial charge is 0.146 e. The Bertz CT molecular complexity index is 836. The number of aryl methyl sites for hydroxylation is 1. The first-order valence-corrected chi connectivity index (χ1v) is 8.56. The van der Waals surface area contributed by atoms with Crippen molar-refractivity contribution in [1.29, 1.82) is 0 Å². The highest BCUT2D eigenvalue weighted by Crippen LogP contribution is 2.19. The molecule has 0 aliphatic carbocycles. The third-order valence-corrected chi connectivity index (χ3v) is 3.93. The molecular weight excluding hydrogens is 332 g/mol. The van der Waals surface area contributed by atoms with Crippen LogP contribution in [0, 0.1) is 6.92 Å². The molecule has 0 spiro atoms. The predicted molar refractivity (Wildman–Crippen MR) is 103 cm³/mol. The van der Waals surface area contributed by atoms with E-state index in [1.54, 1.807) is 6.07 Å². The van der Waals surface area contributed by atoms with Crippen LogP contribution in [0.2, 0.25) is 5.15 Å². The molecule has 25 heavy (non-hydrogen) atoms. The molecule has 1 heterocycles. The molecule has 128 valence electrons. The van der Waals surface area contributed by atoms with E-state index in [-0.39, 0.29) is 0 Å². The maximum absolute atomic E-state index is 6.18. The van der Waals surface area contributed by atoms with Gasteiger partial charge in [0.2, 0.25) is 0 Å². The van der Waals surface area contributed by atoms with Crippen molar-refractivity contribution in [2.75, 3.05) is 12.4 Å². The van der Waals surface area contributed by atoms with E-state index in [0.717, 1.165) is 12.2 Å². The van der Waals surface area contributed by atoms with Crippen LogP contribution in [0.4, 0.5) is 11.5 Å². The van der Waals surface area contributed by atoms with Crippen LogP contribution >= 0.6 is 11.6 Å². The summed E-state index contributed by atoms with van der Waals surface area (Å²) < 4.78 is 0. The van der Waals surface area contributed by atoms with Gasteiger partial charge in [0.15, 0.2) is 0 Å². The topological polar surface area (TPSA) is 41.1 Å². The van der Waals surface area contributed by atoms with Gasteiger partial charge in [-0.25, -0.2) is 9.97 Å². The Labute approximate surface area is 153 Å². The number of nitrogens with one attached hydrogen (secondary N) is 1. The van der Waals surface area contributed by atoms with E-state index in [4.69, 9.17) is 11.6 Å². The summed E-state index contributed by atoms with van der Waals surface area (Å²) in [6, 6.07) is 20.2. The van der Waals surface area contributed by atoms with Crippen LogP contribution in [0.15, 0.2) is 60.7 Å². The van der Waals surface area contributed by atoms with Crippen LogP contribution in [0.25, 0.3) is 0 Å². The lowest BCUT2D eigenvalue weighted by Gasteiger charge is -2.16. The van der Waals surface area contributed by atoms with Crippen molar-refractivity contribution in [3.8, 4) is 0 Å². The zero-order valence-electron chi connectivity index (χ0n) is 14.4. The summed E-state index contributed by atoms with van der Waals surface area (Å²) in [5, 5.41) is 3.73. The average Bonchev–Trinajstić information content (AvgIpc) is 2.55. The number of nitrogens with zero attached hydrogens (tertiary/aromatic N) is 3. The third kappa shape index (κ3) is 5.28. The van der Waals surface area contributed by atoms with E-state index >= 15 is 0 Å². The van der Waals surface area contributed by atoms with Crippen molar-refractivity contribution in [2.24, 2.45) is 0 Å². The summed E-state index contributed by atoms with van der Waals surface area (Å²) in [4.78, 5) is 11.1. The minimum absolute atomic E-state index is 0.438. The molecule has 0 saturated carbocycles. The van der Waals surface area contributed by atoms with Gasteiger partial charge in [-0.15, -0.1) is 0 Å². The van der Waals surface area contributed by atoms with Gasteiger partial charge < -0.3 is 5.32 Å². The van der Waals surface area contributed by atoms with Gasteiger partial charge in [-0.1, -0.05) is 54.1 Å². The maximum atomic E-state index is 6.18. The van der Waals surface area contributed by atoms with Gasteiger partial charge >= 0.3 is 0 Å². The van der Waals surface area contributed by atoms with Crippen LogP contribution in [-0.4, -0.2) is 21.9 Å². The van der Waals surface area contributed by atoms with Gasteiger partial charge in [-0.3, -0.25) is 4.90 Å². The fraction of sp³-hybridized carbons (Fsp3) is 0.200. The fourth-order valence-electron chi connectivity index (χ4n) is 2.66. The van der Waals surface area contributed by atoms with Crippen molar-refractivity contribution in [3.63, 3.8) is 0 Å². The van der Waals surface area contributed by atoms with Crippen molar-refractivity contribution < 1.29 is 0 Å². The quantitative estimate of drug-likeness (QED) is 0.646. The average molecular weight is 353 g/mol. The zero-order chi connectivity index (χ0) is 17.6. The molecule has 4 nitrogen and oxygen atoms in total. The summed E-state index contributed by atoms with van der Waals surface area (Å²) in [6.07, 6.45) is 0. The van der Waals surface area contributed by atoms with Gasteiger partial charge in [0.25, 0.3) is 0 Å². The molecule has 0 unspecified atom stereocenters. The van der Waals surface area contributed by atoms with E-state index in [1.807, 2.05) is 37.4 Å². The first-order valence-electron chi connectivity index (χ1n) is 8.18. The Hall–Kier alpha value is -2.43. The Morgan fingerprint density at radius 1 is 0.960 bits per heavy atom. The Morgan fingerprint density at radius 3 is 2.52 bits per heavy atom. The zero-order valence-corrected chi connectivity index (χ0v) is 15.2. The SMILES string of the molecule is Cc1cccc(Nc2cc(Cl)nc(CN(C)Cc3ccccc3)n2)c1. The number of benzene rings is 2. The summed E-state index contributed by atoms with van der Waals surface area (Å²) in [5.41, 5.74) is 3.43. The highest BCUT2D eigenvalue weighted by molar-refractivity contribution is 6.29. The molecule has 0 atom stereocenters. The molecule has 0 amide bonds. The molecule has 2 aromatic carbocycles. The van der Waals surface area contributed by atoms with E-state index in [0.29, 0.717) is 23.3 Å². The van der Waals surface area contributed by atoms with Crippen molar-refractivity contribution in [2.45, 2.75) is 20.0 Å². The largest absolute Gasteiger partial charge is 0.340 e. The highest BCUT2D eigenvalue weighted by Gasteiger charge is 2.08. The van der Waals surface area contributed by atoms with Crippen LogP contribution in [0.1, 0.15) is 17.0 Å². The van der Waals surface area contributed by atoms with Gasteiger partial charge in [0.1, 0.15) is 16.8 Å². The van der Waals surface area contributed by atoms with E-state index in [9.17, 15) is 0 Å². The van der Waals surface area contributed by atoms with Gasteiger partial charge in [0, 0.05) is 18.3 Å². The predicted octanol–water partition coefficient (Wildman–Crippen LogP) is 4.81. The first kappa shape index (κ1) is 17.4. The number of halogens is 1. The molecule has 3 rings (SSSR count). The summed E-state index contributed by atoms with van der Waals surface area (Å²) >= 11 is 6.18. The molecule has 0 aliphatic heterocycles. The van der Waals surface area contributed by atoms with Crippen LogP contribution in [0.3, 0.4) is 0 Å². The lowest BCUT2D eigenvalue weighted by molar-refractivity contribution is 0.311. The number of rotatable bonds is 6. The first-order chi connectivity index (χ1) is 12.1. The van der Waals surface area contributed by atoms with Gasteiger partial charge in [0.05, 0.1) is 6.54 Å². The Balaban J connectivity index is 1.70. The maximum Gasteiger partial charge on any atom is 0.146 e. The number of aromatic nitrogens is 2. The molecule has 0 aliphatic rings. The molecule has 3 aromatic rings. The second-order valence-corrected chi connectivity index (χ2v) is 6.53.